The standard InChI is InChI=1S/C23H31N3O4/c1-4-29-13-5-12-24-15-17-6-9-19(10-7-17)30-16-22(27)18-8-11-20-21(14-18)26(3)23(28)25(20)2/h6-11,14,22,24,27H,4-5,12-13,15-16H2,1-3H3/t22-/m0/s1. The highest BCUT2D eigenvalue weighted by Gasteiger charge is 2.13. The van der Waals surface area contributed by atoms with Gasteiger partial charge in [0.05, 0.1) is 11.0 Å². The summed E-state index contributed by atoms with van der Waals surface area (Å²) in [6.45, 7) is 5.40. The molecule has 30 heavy (non-hydrogen) atoms. The van der Waals surface area contributed by atoms with E-state index in [0.717, 1.165) is 49.3 Å². The van der Waals surface area contributed by atoms with Crippen molar-refractivity contribution in [3.05, 3.63) is 64.1 Å². The second kappa shape index (κ2) is 10.4. The van der Waals surface area contributed by atoms with E-state index >= 15 is 0 Å². The number of aliphatic hydroxyl groups excluding tert-OH is 1. The molecule has 1 heterocycles. The van der Waals surface area contributed by atoms with Crippen molar-refractivity contribution in [2.24, 2.45) is 14.1 Å². The molecule has 1 atom stereocenters. The third kappa shape index (κ3) is 5.30. The average molecular weight is 414 g/mol. The molecule has 0 unspecified atom stereocenters. The van der Waals surface area contributed by atoms with Crippen molar-refractivity contribution in [2.75, 3.05) is 26.4 Å². The summed E-state index contributed by atoms with van der Waals surface area (Å²) in [5.41, 5.74) is 3.43. The first-order valence-electron chi connectivity index (χ1n) is 10.3. The van der Waals surface area contributed by atoms with Gasteiger partial charge in [-0.25, -0.2) is 4.79 Å². The number of benzene rings is 2. The van der Waals surface area contributed by atoms with Crippen LogP contribution < -0.4 is 15.7 Å². The van der Waals surface area contributed by atoms with Crippen LogP contribution in [0.2, 0.25) is 0 Å². The minimum atomic E-state index is -0.781. The van der Waals surface area contributed by atoms with E-state index in [1.54, 1.807) is 23.2 Å². The molecule has 2 aromatic carbocycles. The molecular formula is C23H31N3O4. The topological polar surface area (TPSA) is 77.7 Å². The lowest BCUT2D eigenvalue weighted by Crippen LogP contribution is -2.19. The number of hydrogen-bond acceptors (Lipinski definition) is 5. The van der Waals surface area contributed by atoms with E-state index in [9.17, 15) is 9.90 Å². The molecule has 0 aliphatic rings. The Labute approximate surface area is 176 Å². The Morgan fingerprint density at radius 2 is 1.80 bits per heavy atom. The molecule has 0 radical (unpaired) electrons. The van der Waals surface area contributed by atoms with Crippen LogP contribution in [0, 0.1) is 0 Å². The third-order valence-electron chi connectivity index (χ3n) is 5.19. The Morgan fingerprint density at radius 1 is 1.07 bits per heavy atom. The predicted octanol–water partition coefficient (Wildman–Crippen LogP) is 2.51. The van der Waals surface area contributed by atoms with E-state index in [4.69, 9.17) is 9.47 Å². The van der Waals surface area contributed by atoms with E-state index in [1.807, 2.05) is 49.4 Å². The molecule has 0 aliphatic heterocycles. The highest BCUT2D eigenvalue weighted by atomic mass is 16.5. The molecule has 7 nitrogen and oxygen atoms in total. The summed E-state index contributed by atoms with van der Waals surface area (Å²) in [5.74, 6) is 0.710. The first kappa shape index (κ1) is 22.1. The summed E-state index contributed by atoms with van der Waals surface area (Å²) >= 11 is 0. The first-order chi connectivity index (χ1) is 14.5. The number of rotatable bonds is 11. The number of imidazole rings is 1. The number of hydrogen-bond donors (Lipinski definition) is 2. The maximum atomic E-state index is 12.1. The smallest absolute Gasteiger partial charge is 0.328 e. The van der Waals surface area contributed by atoms with Crippen molar-refractivity contribution < 1.29 is 14.6 Å². The van der Waals surface area contributed by atoms with Gasteiger partial charge in [-0.1, -0.05) is 18.2 Å². The molecule has 0 saturated heterocycles. The minimum Gasteiger partial charge on any atom is -0.491 e. The van der Waals surface area contributed by atoms with Crippen molar-refractivity contribution in [3.63, 3.8) is 0 Å². The van der Waals surface area contributed by atoms with Gasteiger partial charge in [0, 0.05) is 33.9 Å². The molecule has 7 heteroatoms. The number of ether oxygens (including phenoxy) is 2. The lowest BCUT2D eigenvalue weighted by Gasteiger charge is -2.13. The van der Waals surface area contributed by atoms with Gasteiger partial charge in [-0.2, -0.15) is 0 Å². The molecule has 0 aliphatic carbocycles. The fourth-order valence-corrected chi connectivity index (χ4v) is 3.38. The maximum Gasteiger partial charge on any atom is 0.328 e. The van der Waals surface area contributed by atoms with E-state index in [1.165, 1.54) is 5.56 Å². The van der Waals surface area contributed by atoms with Crippen molar-refractivity contribution >= 4 is 11.0 Å². The number of nitrogens with zero attached hydrogens (tertiary/aromatic N) is 2. The van der Waals surface area contributed by atoms with Crippen LogP contribution >= 0.6 is 0 Å². The lowest BCUT2D eigenvalue weighted by atomic mass is 10.1. The fourth-order valence-electron chi connectivity index (χ4n) is 3.38. The highest BCUT2D eigenvalue weighted by molar-refractivity contribution is 5.76. The normalized spacial score (nSPS) is 12.4. The van der Waals surface area contributed by atoms with Crippen LogP contribution in [0.25, 0.3) is 11.0 Å². The van der Waals surface area contributed by atoms with Gasteiger partial charge in [0.25, 0.3) is 0 Å². The molecule has 0 bridgehead atoms. The van der Waals surface area contributed by atoms with Gasteiger partial charge >= 0.3 is 5.69 Å². The van der Waals surface area contributed by atoms with Crippen LogP contribution in [0.3, 0.4) is 0 Å². The first-order valence-corrected chi connectivity index (χ1v) is 10.3. The number of aliphatic hydroxyl groups is 1. The summed E-state index contributed by atoms with van der Waals surface area (Å²) in [5, 5.41) is 13.9. The van der Waals surface area contributed by atoms with E-state index in [2.05, 4.69) is 5.32 Å². The van der Waals surface area contributed by atoms with Crippen LogP contribution in [-0.2, 0) is 25.4 Å². The number of fused-ring (bicyclic) bond motifs is 1. The van der Waals surface area contributed by atoms with Gasteiger partial charge in [-0.05, 0) is 55.3 Å². The summed E-state index contributed by atoms with van der Waals surface area (Å²) in [7, 11) is 3.47. The molecular weight excluding hydrogens is 382 g/mol. The molecule has 0 saturated carbocycles. The molecule has 0 amide bonds. The number of nitrogens with one attached hydrogen (secondary N) is 1. The molecule has 0 fully saturated rings. The van der Waals surface area contributed by atoms with Gasteiger partial charge in [0.15, 0.2) is 0 Å². The zero-order valence-corrected chi connectivity index (χ0v) is 17.9. The second-order valence-corrected chi connectivity index (χ2v) is 7.35. The van der Waals surface area contributed by atoms with Crippen LogP contribution in [0.5, 0.6) is 5.75 Å². The SMILES string of the molecule is CCOCCCNCc1ccc(OC[C@H](O)c2ccc3c(c2)n(C)c(=O)n3C)cc1. The molecule has 3 aromatic rings. The lowest BCUT2D eigenvalue weighted by molar-refractivity contribution is 0.108. The van der Waals surface area contributed by atoms with Crippen LogP contribution in [0.4, 0.5) is 0 Å². The summed E-state index contributed by atoms with van der Waals surface area (Å²) in [6.07, 6.45) is 0.215. The number of aryl methyl sites for hydroxylation is 2. The molecule has 2 N–H and O–H groups in total. The molecule has 162 valence electrons. The fraction of sp³-hybridized carbons (Fsp3) is 0.435. The number of aromatic nitrogens is 2. The van der Waals surface area contributed by atoms with E-state index < -0.39 is 6.10 Å². The van der Waals surface area contributed by atoms with Gasteiger partial charge in [-0.15, -0.1) is 0 Å². The van der Waals surface area contributed by atoms with Gasteiger partial charge in [0.1, 0.15) is 18.5 Å². The Kier molecular flexibility index (Phi) is 7.68. The highest BCUT2D eigenvalue weighted by Crippen LogP contribution is 2.21. The zero-order chi connectivity index (χ0) is 21.5. The summed E-state index contributed by atoms with van der Waals surface area (Å²) in [6, 6.07) is 13.4. The van der Waals surface area contributed by atoms with E-state index in [-0.39, 0.29) is 12.3 Å². The van der Waals surface area contributed by atoms with Crippen LogP contribution in [-0.4, -0.2) is 40.6 Å². The third-order valence-corrected chi connectivity index (χ3v) is 5.19. The maximum absolute atomic E-state index is 12.1. The minimum absolute atomic E-state index is 0.0863. The van der Waals surface area contributed by atoms with Crippen molar-refractivity contribution in [3.8, 4) is 5.75 Å². The second-order valence-electron chi connectivity index (χ2n) is 7.35. The summed E-state index contributed by atoms with van der Waals surface area (Å²) < 4.78 is 14.3. The Balaban J connectivity index is 1.51. The van der Waals surface area contributed by atoms with Crippen LogP contribution in [0.1, 0.15) is 30.6 Å². The van der Waals surface area contributed by atoms with Gasteiger partial charge < -0.3 is 19.9 Å². The van der Waals surface area contributed by atoms with Crippen molar-refractivity contribution in [2.45, 2.75) is 26.0 Å². The van der Waals surface area contributed by atoms with Crippen molar-refractivity contribution in [1.82, 2.24) is 14.5 Å². The Morgan fingerprint density at radius 3 is 2.53 bits per heavy atom. The van der Waals surface area contributed by atoms with Gasteiger partial charge in [-0.3, -0.25) is 9.13 Å². The average Bonchev–Trinajstić information content (AvgIpc) is 2.99. The zero-order valence-electron chi connectivity index (χ0n) is 17.9. The van der Waals surface area contributed by atoms with Crippen molar-refractivity contribution in [1.29, 1.82) is 0 Å². The quantitative estimate of drug-likeness (QED) is 0.473. The van der Waals surface area contributed by atoms with Gasteiger partial charge in [0.2, 0.25) is 0 Å². The molecule has 1 aromatic heterocycles. The molecule has 3 rings (SSSR count). The largest absolute Gasteiger partial charge is 0.491 e. The van der Waals surface area contributed by atoms with Crippen LogP contribution in [0.15, 0.2) is 47.3 Å². The molecule has 0 spiro atoms. The monoisotopic (exact) mass is 413 g/mol. The Bertz CT molecular complexity index is 1010. The predicted molar refractivity (Wildman–Crippen MR) is 118 cm³/mol. The Hall–Kier alpha value is -2.61. The summed E-state index contributed by atoms with van der Waals surface area (Å²) in [4.78, 5) is 12.1. The van der Waals surface area contributed by atoms with E-state index in [0.29, 0.717) is 5.75 Å².